The van der Waals surface area contributed by atoms with E-state index in [0.29, 0.717) is 12.5 Å². The fourth-order valence-electron chi connectivity index (χ4n) is 1.93. The lowest BCUT2D eigenvalue weighted by Crippen LogP contribution is -2.39. The Kier molecular flexibility index (Phi) is 4.29. The molecule has 2 amide bonds. The maximum absolute atomic E-state index is 11.3. The molecule has 84 valence electrons. The molecule has 15 heavy (non-hydrogen) atoms. The number of carbonyl (C=O) groups excluding carboxylic acids is 2. The molecule has 0 spiro atoms. The smallest absolute Gasteiger partial charge is 0.253 e. The molecule has 0 unspecified atom stereocenters. The van der Waals surface area contributed by atoms with E-state index in [4.69, 9.17) is 0 Å². The van der Waals surface area contributed by atoms with Gasteiger partial charge in [-0.1, -0.05) is 0 Å². The van der Waals surface area contributed by atoms with Crippen LogP contribution in [0.3, 0.4) is 0 Å². The van der Waals surface area contributed by atoms with Gasteiger partial charge in [0.2, 0.25) is 0 Å². The third kappa shape index (κ3) is 2.79. The first-order chi connectivity index (χ1) is 6.77. The van der Waals surface area contributed by atoms with Crippen molar-refractivity contribution in [2.45, 2.75) is 12.8 Å². The SMILES string of the molecule is Cl.O=C1C=CC(=O)N1CC1CCNCC1. The molecule has 2 aliphatic rings. The molecule has 0 saturated carbocycles. The number of hydrogen-bond acceptors (Lipinski definition) is 3. The summed E-state index contributed by atoms with van der Waals surface area (Å²) in [5.74, 6) is 0.158. The van der Waals surface area contributed by atoms with Gasteiger partial charge in [0, 0.05) is 18.7 Å². The lowest BCUT2D eigenvalue weighted by molar-refractivity contribution is -0.137. The number of nitrogens with one attached hydrogen (secondary N) is 1. The minimum atomic E-state index is -0.159. The van der Waals surface area contributed by atoms with Crippen LogP contribution in [-0.4, -0.2) is 36.3 Å². The lowest BCUT2D eigenvalue weighted by Gasteiger charge is -2.26. The summed E-state index contributed by atoms with van der Waals surface area (Å²) in [5, 5.41) is 3.26. The van der Waals surface area contributed by atoms with Crippen LogP contribution in [0.2, 0.25) is 0 Å². The Morgan fingerprint density at radius 1 is 1.20 bits per heavy atom. The third-order valence-electron chi connectivity index (χ3n) is 2.80. The van der Waals surface area contributed by atoms with Gasteiger partial charge < -0.3 is 5.32 Å². The van der Waals surface area contributed by atoms with E-state index in [1.165, 1.54) is 17.1 Å². The molecule has 0 aromatic heterocycles. The number of piperidine rings is 1. The molecular formula is C10H15ClN2O2. The van der Waals surface area contributed by atoms with Gasteiger partial charge in [-0.15, -0.1) is 12.4 Å². The fourth-order valence-corrected chi connectivity index (χ4v) is 1.93. The van der Waals surface area contributed by atoms with Gasteiger partial charge in [0.1, 0.15) is 0 Å². The summed E-state index contributed by atoms with van der Waals surface area (Å²) >= 11 is 0. The van der Waals surface area contributed by atoms with E-state index >= 15 is 0 Å². The van der Waals surface area contributed by atoms with Crippen molar-refractivity contribution in [1.29, 1.82) is 0 Å². The van der Waals surface area contributed by atoms with E-state index in [1.807, 2.05) is 0 Å². The first-order valence-electron chi connectivity index (χ1n) is 5.01. The molecule has 0 aromatic rings. The molecule has 1 N–H and O–H groups in total. The van der Waals surface area contributed by atoms with Crippen molar-refractivity contribution in [3.8, 4) is 0 Å². The first kappa shape index (κ1) is 12.2. The lowest BCUT2D eigenvalue weighted by atomic mass is 9.98. The van der Waals surface area contributed by atoms with E-state index in [9.17, 15) is 9.59 Å². The van der Waals surface area contributed by atoms with E-state index in [1.54, 1.807) is 0 Å². The van der Waals surface area contributed by atoms with E-state index in [-0.39, 0.29) is 24.2 Å². The summed E-state index contributed by atoms with van der Waals surface area (Å²) in [5.41, 5.74) is 0. The summed E-state index contributed by atoms with van der Waals surface area (Å²) in [6, 6.07) is 0. The fraction of sp³-hybridized carbons (Fsp3) is 0.600. The van der Waals surface area contributed by atoms with Gasteiger partial charge in [-0.05, 0) is 31.8 Å². The van der Waals surface area contributed by atoms with Crippen LogP contribution < -0.4 is 5.32 Å². The molecule has 1 saturated heterocycles. The van der Waals surface area contributed by atoms with Crippen LogP contribution in [0.1, 0.15) is 12.8 Å². The summed E-state index contributed by atoms with van der Waals surface area (Å²) in [7, 11) is 0. The summed E-state index contributed by atoms with van der Waals surface area (Å²) in [4.78, 5) is 23.9. The number of imide groups is 1. The van der Waals surface area contributed by atoms with Crippen LogP contribution in [0.5, 0.6) is 0 Å². The number of amides is 2. The van der Waals surface area contributed by atoms with Gasteiger partial charge >= 0.3 is 0 Å². The summed E-state index contributed by atoms with van der Waals surface area (Å²) in [6.45, 7) is 2.58. The summed E-state index contributed by atoms with van der Waals surface area (Å²) < 4.78 is 0. The molecule has 0 radical (unpaired) electrons. The molecule has 0 aliphatic carbocycles. The zero-order valence-corrected chi connectivity index (χ0v) is 9.26. The van der Waals surface area contributed by atoms with Crippen molar-refractivity contribution < 1.29 is 9.59 Å². The highest BCUT2D eigenvalue weighted by Crippen LogP contribution is 2.15. The van der Waals surface area contributed by atoms with E-state index in [0.717, 1.165) is 25.9 Å². The van der Waals surface area contributed by atoms with Crippen molar-refractivity contribution in [3.05, 3.63) is 12.2 Å². The molecule has 0 atom stereocenters. The molecule has 1 fully saturated rings. The quantitative estimate of drug-likeness (QED) is 0.696. The second-order valence-electron chi connectivity index (χ2n) is 3.81. The molecule has 4 nitrogen and oxygen atoms in total. The average molecular weight is 231 g/mol. The molecular weight excluding hydrogens is 216 g/mol. The van der Waals surface area contributed by atoms with E-state index in [2.05, 4.69) is 5.32 Å². The second kappa shape index (κ2) is 5.28. The number of nitrogens with zero attached hydrogens (tertiary/aromatic N) is 1. The van der Waals surface area contributed by atoms with Crippen molar-refractivity contribution in [3.63, 3.8) is 0 Å². The van der Waals surface area contributed by atoms with Gasteiger partial charge in [-0.3, -0.25) is 14.5 Å². The largest absolute Gasteiger partial charge is 0.317 e. The predicted octanol–water partition coefficient (Wildman–Crippen LogP) is 0.333. The minimum absolute atomic E-state index is 0. The highest BCUT2D eigenvalue weighted by molar-refractivity contribution is 6.12. The Bertz CT molecular complexity index is 267. The van der Waals surface area contributed by atoms with Crippen LogP contribution in [0, 0.1) is 5.92 Å². The maximum atomic E-state index is 11.3. The number of rotatable bonds is 2. The predicted molar refractivity (Wildman–Crippen MR) is 58.7 cm³/mol. The molecule has 2 rings (SSSR count). The molecule has 5 heteroatoms. The Morgan fingerprint density at radius 2 is 1.73 bits per heavy atom. The second-order valence-corrected chi connectivity index (χ2v) is 3.81. The molecule has 0 bridgehead atoms. The first-order valence-corrected chi connectivity index (χ1v) is 5.01. The standard InChI is InChI=1S/C10H14N2O2.ClH/c13-9-1-2-10(14)12(9)7-8-3-5-11-6-4-8;/h1-2,8,11H,3-7H2;1H. The van der Waals surface area contributed by atoms with Gasteiger partial charge in [0.05, 0.1) is 0 Å². The van der Waals surface area contributed by atoms with Crippen molar-refractivity contribution in [2.24, 2.45) is 5.92 Å². The minimum Gasteiger partial charge on any atom is -0.317 e. The van der Waals surface area contributed by atoms with Gasteiger partial charge in [0.25, 0.3) is 11.8 Å². The molecule has 0 aromatic carbocycles. The number of hydrogen-bond donors (Lipinski definition) is 1. The van der Waals surface area contributed by atoms with Crippen molar-refractivity contribution in [1.82, 2.24) is 10.2 Å². The Hall–Kier alpha value is -0.870. The number of halogens is 1. The van der Waals surface area contributed by atoms with Crippen LogP contribution in [0.4, 0.5) is 0 Å². The molecule has 2 aliphatic heterocycles. The molecule has 2 heterocycles. The maximum Gasteiger partial charge on any atom is 0.253 e. The highest BCUT2D eigenvalue weighted by Gasteiger charge is 2.26. The van der Waals surface area contributed by atoms with Crippen LogP contribution in [0.15, 0.2) is 12.2 Å². The van der Waals surface area contributed by atoms with Gasteiger partial charge in [-0.25, -0.2) is 0 Å². The Labute approximate surface area is 95.1 Å². The third-order valence-corrected chi connectivity index (χ3v) is 2.80. The number of carbonyl (C=O) groups is 2. The zero-order chi connectivity index (χ0) is 9.97. The van der Waals surface area contributed by atoms with Crippen LogP contribution in [-0.2, 0) is 9.59 Å². The normalized spacial score (nSPS) is 22.0. The van der Waals surface area contributed by atoms with E-state index < -0.39 is 0 Å². The average Bonchev–Trinajstić information content (AvgIpc) is 2.51. The highest BCUT2D eigenvalue weighted by atomic mass is 35.5. The van der Waals surface area contributed by atoms with Gasteiger partial charge in [-0.2, -0.15) is 0 Å². The Balaban J connectivity index is 0.00000112. The van der Waals surface area contributed by atoms with Crippen LogP contribution in [0.25, 0.3) is 0 Å². The van der Waals surface area contributed by atoms with Crippen molar-refractivity contribution >= 4 is 24.2 Å². The monoisotopic (exact) mass is 230 g/mol. The van der Waals surface area contributed by atoms with Crippen LogP contribution >= 0.6 is 12.4 Å². The zero-order valence-electron chi connectivity index (χ0n) is 8.44. The van der Waals surface area contributed by atoms with Gasteiger partial charge in [0.15, 0.2) is 0 Å². The summed E-state index contributed by atoms with van der Waals surface area (Å²) in [6.07, 6.45) is 4.81. The Morgan fingerprint density at radius 3 is 2.27 bits per heavy atom. The topological polar surface area (TPSA) is 49.4 Å². The van der Waals surface area contributed by atoms with Crippen molar-refractivity contribution in [2.75, 3.05) is 19.6 Å².